The lowest BCUT2D eigenvalue weighted by molar-refractivity contribution is 0.102. The fraction of sp³-hybridized carbons (Fsp3) is 0.0625. The summed E-state index contributed by atoms with van der Waals surface area (Å²) >= 11 is 4.49. The van der Waals surface area contributed by atoms with Gasteiger partial charge < -0.3 is 10.3 Å². The minimum absolute atomic E-state index is 0.123. The third-order valence-electron chi connectivity index (χ3n) is 3.20. The number of halogens is 2. The van der Waals surface area contributed by atoms with Gasteiger partial charge in [0, 0.05) is 22.5 Å². The van der Waals surface area contributed by atoms with E-state index in [4.69, 9.17) is 0 Å². The van der Waals surface area contributed by atoms with Crippen LogP contribution in [0.3, 0.4) is 0 Å². The van der Waals surface area contributed by atoms with Crippen molar-refractivity contribution in [3.63, 3.8) is 0 Å². The van der Waals surface area contributed by atoms with Crippen LogP contribution in [-0.4, -0.2) is 15.9 Å². The van der Waals surface area contributed by atoms with Gasteiger partial charge in [-0.2, -0.15) is 0 Å². The molecule has 0 bridgehead atoms. The highest BCUT2D eigenvalue weighted by Crippen LogP contribution is 2.18. The van der Waals surface area contributed by atoms with Gasteiger partial charge in [0.2, 0.25) is 0 Å². The summed E-state index contributed by atoms with van der Waals surface area (Å²) in [4.78, 5) is 30.6. The first-order valence-corrected chi connectivity index (χ1v) is 8.57. The SMILES string of the molecule is O=C(Nc1cc(Br)c[nH]c1=O)c1csc(Cc2ccccc2F)n1. The number of rotatable bonds is 4. The van der Waals surface area contributed by atoms with Crippen LogP contribution >= 0.6 is 27.3 Å². The van der Waals surface area contributed by atoms with Crippen molar-refractivity contribution in [2.24, 2.45) is 0 Å². The Morgan fingerprint density at radius 1 is 1.38 bits per heavy atom. The number of aromatic nitrogens is 2. The summed E-state index contributed by atoms with van der Waals surface area (Å²) in [5.74, 6) is -0.797. The smallest absolute Gasteiger partial charge is 0.275 e. The molecular formula is C16H11BrFN3O2S. The first-order valence-electron chi connectivity index (χ1n) is 6.90. The second-order valence-electron chi connectivity index (χ2n) is 4.91. The van der Waals surface area contributed by atoms with E-state index >= 15 is 0 Å². The normalized spacial score (nSPS) is 10.6. The molecule has 0 aliphatic rings. The molecule has 0 saturated carbocycles. The summed E-state index contributed by atoms with van der Waals surface area (Å²) in [7, 11) is 0. The number of hydrogen-bond acceptors (Lipinski definition) is 4. The number of anilines is 1. The van der Waals surface area contributed by atoms with Crippen LogP contribution in [-0.2, 0) is 6.42 Å². The van der Waals surface area contributed by atoms with Gasteiger partial charge in [-0.05, 0) is 33.6 Å². The topological polar surface area (TPSA) is 74.8 Å². The fourth-order valence-electron chi connectivity index (χ4n) is 2.04. The molecule has 1 amide bonds. The maximum absolute atomic E-state index is 13.7. The Bertz CT molecular complexity index is 954. The summed E-state index contributed by atoms with van der Waals surface area (Å²) in [6, 6.07) is 7.94. The Kier molecular flexibility index (Phi) is 4.86. The Morgan fingerprint density at radius 2 is 2.17 bits per heavy atom. The van der Waals surface area contributed by atoms with Crippen LogP contribution in [0.2, 0.25) is 0 Å². The number of hydrogen-bond donors (Lipinski definition) is 2. The molecule has 0 atom stereocenters. The van der Waals surface area contributed by atoms with Crippen LogP contribution in [0.1, 0.15) is 21.1 Å². The highest BCUT2D eigenvalue weighted by Gasteiger charge is 2.14. The van der Waals surface area contributed by atoms with Gasteiger partial charge in [0.1, 0.15) is 17.2 Å². The largest absolute Gasteiger partial charge is 0.326 e. The van der Waals surface area contributed by atoms with E-state index in [1.165, 1.54) is 29.7 Å². The number of pyridine rings is 1. The number of nitrogens with one attached hydrogen (secondary N) is 2. The van der Waals surface area contributed by atoms with Crippen molar-refractivity contribution in [1.82, 2.24) is 9.97 Å². The van der Waals surface area contributed by atoms with E-state index in [0.717, 1.165) is 0 Å². The average Bonchev–Trinajstić information content (AvgIpc) is 3.02. The third-order valence-corrected chi connectivity index (χ3v) is 4.51. The number of thiazole rings is 1. The molecule has 0 spiro atoms. The minimum atomic E-state index is -0.491. The predicted octanol–water partition coefficient (Wildman–Crippen LogP) is 3.58. The lowest BCUT2D eigenvalue weighted by Crippen LogP contribution is -2.19. The molecule has 0 aliphatic carbocycles. The van der Waals surface area contributed by atoms with Crippen LogP contribution in [0, 0.1) is 5.82 Å². The molecule has 0 fully saturated rings. The number of carbonyl (C=O) groups excluding carboxylic acids is 1. The van der Waals surface area contributed by atoms with E-state index in [1.54, 1.807) is 23.6 Å². The van der Waals surface area contributed by atoms with Crippen molar-refractivity contribution in [2.75, 3.05) is 5.32 Å². The molecule has 24 heavy (non-hydrogen) atoms. The van der Waals surface area contributed by atoms with Crippen molar-refractivity contribution in [1.29, 1.82) is 0 Å². The predicted molar refractivity (Wildman–Crippen MR) is 94.0 cm³/mol. The maximum Gasteiger partial charge on any atom is 0.275 e. The fourth-order valence-corrected chi connectivity index (χ4v) is 3.18. The summed E-state index contributed by atoms with van der Waals surface area (Å²) in [6.45, 7) is 0. The van der Waals surface area contributed by atoms with Gasteiger partial charge in [-0.25, -0.2) is 9.37 Å². The molecule has 0 radical (unpaired) electrons. The average molecular weight is 408 g/mol. The van der Waals surface area contributed by atoms with Crippen molar-refractivity contribution in [2.45, 2.75) is 6.42 Å². The Balaban J connectivity index is 1.75. The van der Waals surface area contributed by atoms with E-state index in [1.807, 2.05) is 0 Å². The molecule has 0 aliphatic heterocycles. The van der Waals surface area contributed by atoms with Gasteiger partial charge in [0.25, 0.3) is 11.5 Å². The molecule has 3 rings (SSSR count). The maximum atomic E-state index is 13.7. The number of nitrogens with zero attached hydrogens (tertiary/aromatic N) is 1. The molecule has 1 aromatic carbocycles. The van der Waals surface area contributed by atoms with Crippen LogP contribution in [0.25, 0.3) is 0 Å². The van der Waals surface area contributed by atoms with Gasteiger partial charge in [-0.1, -0.05) is 18.2 Å². The zero-order valence-electron chi connectivity index (χ0n) is 12.2. The van der Waals surface area contributed by atoms with Gasteiger partial charge in [0.15, 0.2) is 0 Å². The molecule has 8 heteroatoms. The summed E-state index contributed by atoms with van der Waals surface area (Å²) in [5.41, 5.74) is 0.416. The minimum Gasteiger partial charge on any atom is -0.326 e. The van der Waals surface area contributed by atoms with Crippen molar-refractivity contribution < 1.29 is 9.18 Å². The van der Waals surface area contributed by atoms with E-state index in [-0.39, 0.29) is 17.2 Å². The van der Waals surface area contributed by atoms with Crippen molar-refractivity contribution in [3.05, 3.63) is 78.8 Å². The monoisotopic (exact) mass is 407 g/mol. The first-order chi connectivity index (χ1) is 11.5. The zero-order valence-corrected chi connectivity index (χ0v) is 14.6. The van der Waals surface area contributed by atoms with Crippen LogP contribution < -0.4 is 10.9 Å². The summed E-state index contributed by atoms with van der Waals surface area (Å²) in [6.07, 6.45) is 1.79. The quantitative estimate of drug-likeness (QED) is 0.693. The number of benzene rings is 1. The lowest BCUT2D eigenvalue weighted by atomic mass is 10.1. The molecule has 2 heterocycles. The highest BCUT2D eigenvalue weighted by atomic mass is 79.9. The molecule has 5 nitrogen and oxygen atoms in total. The Labute approximate surface area is 148 Å². The lowest BCUT2D eigenvalue weighted by Gasteiger charge is -2.02. The first kappa shape index (κ1) is 16.5. The zero-order chi connectivity index (χ0) is 17.1. The van der Waals surface area contributed by atoms with E-state index in [0.29, 0.717) is 21.5 Å². The van der Waals surface area contributed by atoms with E-state index in [2.05, 4.69) is 31.2 Å². The van der Waals surface area contributed by atoms with Gasteiger partial charge >= 0.3 is 0 Å². The third kappa shape index (κ3) is 3.77. The molecule has 122 valence electrons. The number of amides is 1. The number of carbonyl (C=O) groups is 1. The number of aromatic amines is 1. The van der Waals surface area contributed by atoms with Crippen molar-refractivity contribution in [3.8, 4) is 0 Å². The molecule has 2 N–H and O–H groups in total. The molecule has 0 unspecified atom stereocenters. The Hall–Kier alpha value is -2.32. The molecular weight excluding hydrogens is 397 g/mol. The van der Waals surface area contributed by atoms with Crippen LogP contribution in [0.5, 0.6) is 0 Å². The van der Waals surface area contributed by atoms with E-state index in [9.17, 15) is 14.0 Å². The van der Waals surface area contributed by atoms with E-state index < -0.39 is 11.5 Å². The highest BCUT2D eigenvalue weighted by molar-refractivity contribution is 9.10. The molecule has 2 aromatic heterocycles. The van der Waals surface area contributed by atoms with Crippen LogP contribution in [0.15, 0.2) is 51.2 Å². The second-order valence-corrected chi connectivity index (χ2v) is 6.77. The van der Waals surface area contributed by atoms with Gasteiger partial charge in [-0.3, -0.25) is 9.59 Å². The van der Waals surface area contributed by atoms with Gasteiger partial charge in [-0.15, -0.1) is 11.3 Å². The molecule has 0 saturated heterocycles. The number of H-pyrrole nitrogens is 1. The molecule has 3 aromatic rings. The van der Waals surface area contributed by atoms with Crippen LogP contribution in [0.4, 0.5) is 10.1 Å². The van der Waals surface area contributed by atoms with Gasteiger partial charge in [0.05, 0.1) is 5.01 Å². The standard InChI is InChI=1S/C16H11BrFN3O2S/c17-10-6-12(15(22)19-7-10)21-16(23)13-8-24-14(20-13)5-9-3-1-2-4-11(9)18/h1-4,6-8H,5H2,(H,19,22)(H,21,23). The van der Waals surface area contributed by atoms with Crippen molar-refractivity contribution >= 4 is 38.9 Å². The summed E-state index contributed by atoms with van der Waals surface area (Å²) in [5, 5.41) is 4.71. The Morgan fingerprint density at radius 3 is 2.96 bits per heavy atom. The summed E-state index contributed by atoms with van der Waals surface area (Å²) < 4.78 is 14.3. The second kappa shape index (κ2) is 7.06.